The lowest BCUT2D eigenvalue weighted by molar-refractivity contribution is -0.129. The van der Waals surface area contributed by atoms with Crippen molar-refractivity contribution in [3.8, 4) is 0 Å². The van der Waals surface area contributed by atoms with Crippen LogP contribution in [0.15, 0.2) is 18.7 Å². The summed E-state index contributed by atoms with van der Waals surface area (Å²) in [6, 6.07) is 2.18. The van der Waals surface area contributed by atoms with Gasteiger partial charge in [-0.25, -0.2) is 0 Å². The van der Waals surface area contributed by atoms with E-state index in [4.69, 9.17) is 0 Å². The zero-order valence-corrected chi connectivity index (χ0v) is 9.81. The summed E-state index contributed by atoms with van der Waals surface area (Å²) in [4.78, 5) is 13.5. The highest BCUT2D eigenvalue weighted by molar-refractivity contribution is 5.87. The lowest BCUT2D eigenvalue weighted by Gasteiger charge is -2.33. The van der Waals surface area contributed by atoms with Gasteiger partial charge in [0, 0.05) is 6.54 Å². The second kappa shape index (κ2) is 4.12. The summed E-state index contributed by atoms with van der Waals surface area (Å²) < 4.78 is 2.01. The van der Waals surface area contributed by atoms with Crippen LogP contribution >= 0.6 is 0 Å². The summed E-state index contributed by atoms with van der Waals surface area (Å²) in [5.41, 5.74) is 2.22. The maximum absolute atomic E-state index is 11.6. The van der Waals surface area contributed by atoms with Crippen LogP contribution in [0.1, 0.15) is 31.3 Å². The highest BCUT2D eigenvalue weighted by Crippen LogP contribution is 2.25. The standard InChI is InChI=1S/C12H17N3O/c1-4-10-8-11-9(3)14(12(16)5-2)6-7-15(11)13-10/h5,8-9H,2,4,6-7H2,1,3H3. The van der Waals surface area contributed by atoms with E-state index in [2.05, 4.69) is 24.7 Å². The van der Waals surface area contributed by atoms with Crippen molar-refractivity contribution in [2.24, 2.45) is 0 Å². The average molecular weight is 219 g/mol. The van der Waals surface area contributed by atoms with Crippen molar-refractivity contribution < 1.29 is 4.79 Å². The number of fused-ring (bicyclic) bond motifs is 1. The molecule has 1 unspecified atom stereocenters. The normalized spacial score (nSPS) is 19.4. The van der Waals surface area contributed by atoms with Gasteiger partial charge in [-0.05, 0) is 25.5 Å². The van der Waals surface area contributed by atoms with Gasteiger partial charge >= 0.3 is 0 Å². The van der Waals surface area contributed by atoms with E-state index in [1.54, 1.807) is 0 Å². The molecule has 1 aliphatic heterocycles. The number of carbonyl (C=O) groups is 1. The zero-order chi connectivity index (χ0) is 11.7. The van der Waals surface area contributed by atoms with Crippen molar-refractivity contribution in [2.75, 3.05) is 6.54 Å². The molecule has 0 aromatic carbocycles. The molecule has 0 saturated carbocycles. The summed E-state index contributed by atoms with van der Waals surface area (Å²) in [6.45, 7) is 9.15. The van der Waals surface area contributed by atoms with Crippen molar-refractivity contribution in [2.45, 2.75) is 32.9 Å². The molecule has 0 aliphatic carbocycles. The molecule has 0 radical (unpaired) electrons. The third kappa shape index (κ3) is 1.64. The molecular formula is C12H17N3O. The molecule has 1 aromatic rings. The Hall–Kier alpha value is -1.58. The van der Waals surface area contributed by atoms with Gasteiger partial charge in [0.1, 0.15) is 0 Å². The molecule has 4 heteroatoms. The van der Waals surface area contributed by atoms with E-state index >= 15 is 0 Å². The monoisotopic (exact) mass is 219 g/mol. The Morgan fingerprint density at radius 1 is 1.69 bits per heavy atom. The predicted molar refractivity (Wildman–Crippen MR) is 61.9 cm³/mol. The van der Waals surface area contributed by atoms with Crippen LogP contribution in [0.25, 0.3) is 0 Å². The van der Waals surface area contributed by atoms with Gasteiger partial charge in [-0.2, -0.15) is 5.10 Å². The topological polar surface area (TPSA) is 38.1 Å². The summed E-state index contributed by atoms with van der Waals surface area (Å²) >= 11 is 0. The Morgan fingerprint density at radius 3 is 3.06 bits per heavy atom. The molecular weight excluding hydrogens is 202 g/mol. The van der Waals surface area contributed by atoms with Crippen molar-refractivity contribution >= 4 is 5.91 Å². The molecule has 0 bridgehead atoms. The van der Waals surface area contributed by atoms with Gasteiger partial charge in [0.15, 0.2) is 0 Å². The minimum atomic E-state index is -0.00185. The van der Waals surface area contributed by atoms with Gasteiger partial charge in [-0.3, -0.25) is 9.48 Å². The van der Waals surface area contributed by atoms with Crippen LogP contribution in [-0.4, -0.2) is 27.1 Å². The Balaban J connectivity index is 2.30. The van der Waals surface area contributed by atoms with E-state index in [-0.39, 0.29) is 11.9 Å². The van der Waals surface area contributed by atoms with Crippen LogP contribution in [0.2, 0.25) is 0 Å². The molecule has 0 fully saturated rings. The smallest absolute Gasteiger partial charge is 0.246 e. The summed E-state index contributed by atoms with van der Waals surface area (Å²) in [6.07, 6.45) is 2.31. The van der Waals surface area contributed by atoms with Crippen molar-refractivity contribution in [3.05, 3.63) is 30.1 Å². The average Bonchev–Trinajstić information content (AvgIpc) is 2.72. The first kappa shape index (κ1) is 10.9. The predicted octanol–water partition coefficient (Wildman–Crippen LogP) is 1.53. The number of nitrogens with zero attached hydrogens (tertiary/aromatic N) is 3. The highest BCUT2D eigenvalue weighted by atomic mass is 16.2. The minimum Gasteiger partial charge on any atom is -0.329 e. The van der Waals surface area contributed by atoms with E-state index in [0.29, 0.717) is 6.54 Å². The zero-order valence-electron chi connectivity index (χ0n) is 9.81. The number of hydrogen-bond acceptors (Lipinski definition) is 2. The van der Waals surface area contributed by atoms with Gasteiger partial charge in [-0.1, -0.05) is 13.5 Å². The van der Waals surface area contributed by atoms with Gasteiger partial charge in [0.05, 0.1) is 24.0 Å². The molecule has 16 heavy (non-hydrogen) atoms. The number of rotatable bonds is 2. The van der Waals surface area contributed by atoms with Crippen LogP contribution in [0, 0.1) is 0 Å². The minimum absolute atomic E-state index is 0.00185. The highest BCUT2D eigenvalue weighted by Gasteiger charge is 2.27. The molecule has 1 atom stereocenters. The Morgan fingerprint density at radius 2 is 2.44 bits per heavy atom. The van der Waals surface area contributed by atoms with Gasteiger partial charge in [0.25, 0.3) is 0 Å². The van der Waals surface area contributed by atoms with Gasteiger partial charge in [-0.15, -0.1) is 0 Å². The first-order valence-electron chi connectivity index (χ1n) is 5.67. The van der Waals surface area contributed by atoms with Crippen LogP contribution in [-0.2, 0) is 17.8 Å². The Labute approximate surface area is 95.5 Å². The number of aromatic nitrogens is 2. The molecule has 2 rings (SSSR count). The van der Waals surface area contributed by atoms with E-state index in [1.165, 1.54) is 6.08 Å². The van der Waals surface area contributed by atoms with E-state index in [1.807, 2.05) is 16.5 Å². The number of amides is 1. The molecule has 0 spiro atoms. The first-order chi connectivity index (χ1) is 7.67. The first-order valence-corrected chi connectivity index (χ1v) is 5.67. The Bertz CT molecular complexity index is 422. The molecule has 1 aliphatic rings. The van der Waals surface area contributed by atoms with E-state index in [9.17, 15) is 4.79 Å². The van der Waals surface area contributed by atoms with E-state index < -0.39 is 0 Å². The maximum atomic E-state index is 11.6. The van der Waals surface area contributed by atoms with Gasteiger partial charge < -0.3 is 4.90 Å². The third-order valence-corrected chi connectivity index (χ3v) is 3.13. The van der Waals surface area contributed by atoms with Crippen molar-refractivity contribution in [1.82, 2.24) is 14.7 Å². The fourth-order valence-electron chi connectivity index (χ4n) is 2.15. The van der Waals surface area contributed by atoms with Crippen molar-refractivity contribution in [1.29, 1.82) is 0 Å². The summed E-state index contributed by atoms with van der Waals surface area (Å²) in [5.74, 6) is -0.00185. The third-order valence-electron chi connectivity index (χ3n) is 3.13. The van der Waals surface area contributed by atoms with E-state index in [0.717, 1.165) is 24.4 Å². The number of aryl methyl sites for hydroxylation is 1. The molecule has 86 valence electrons. The molecule has 4 nitrogen and oxygen atoms in total. The quantitative estimate of drug-likeness (QED) is 0.707. The number of hydrogen-bond donors (Lipinski definition) is 0. The lowest BCUT2D eigenvalue weighted by Crippen LogP contribution is -2.40. The van der Waals surface area contributed by atoms with Crippen molar-refractivity contribution in [3.63, 3.8) is 0 Å². The van der Waals surface area contributed by atoms with Crippen LogP contribution in [0.4, 0.5) is 0 Å². The fraction of sp³-hybridized carbons (Fsp3) is 0.500. The molecule has 1 amide bonds. The largest absolute Gasteiger partial charge is 0.329 e. The summed E-state index contributed by atoms with van der Waals surface area (Å²) in [5, 5.41) is 4.49. The molecule has 1 aromatic heterocycles. The molecule has 0 N–H and O–H groups in total. The molecule has 2 heterocycles. The van der Waals surface area contributed by atoms with Crippen LogP contribution in [0.5, 0.6) is 0 Å². The summed E-state index contributed by atoms with van der Waals surface area (Å²) in [7, 11) is 0. The fourth-order valence-corrected chi connectivity index (χ4v) is 2.15. The van der Waals surface area contributed by atoms with Crippen LogP contribution in [0.3, 0.4) is 0 Å². The van der Waals surface area contributed by atoms with Gasteiger partial charge in [0.2, 0.25) is 5.91 Å². The van der Waals surface area contributed by atoms with Crippen LogP contribution < -0.4 is 0 Å². The molecule has 0 saturated heterocycles. The second-order valence-electron chi connectivity index (χ2n) is 4.05. The number of carbonyl (C=O) groups excluding carboxylic acids is 1. The maximum Gasteiger partial charge on any atom is 0.246 e. The lowest BCUT2D eigenvalue weighted by atomic mass is 10.1. The Kier molecular flexibility index (Phi) is 2.81. The second-order valence-corrected chi connectivity index (χ2v) is 4.05. The SMILES string of the molecule is C=CC(=O)N1CCn2nc(CC)cc2C1C.